The molecule has 2 aromatic rings. The molecule has 2 N–H and O–H groups in total. The average molecular weight is 257 g/mol. The molecule has 0 saturated carbocycles. The number of hydrogen-bond donors (Lipinski definition) is 2. The van der Waals surface area contributed by atoms with Gasteiger partial charge < -0.3 is 5.32 Å². The Labute approximate surface area is 112 Å². The first-order valence-corrected chi connectivity index (χ1v) is 6.66. The van der Waals surface area contributed by atoms with Crippen molar-refractivity contribution in [2.24, 2.45) is 0 Å². The van der Waals surface area contributed by atoms with Crippen molar-refractivity contribution in [1.82, 2.24) is 15.5 Å². The molecule has 0 spiro atoms. The van der Waals surface area contributed by atoms with Gasteiger partial charge in [0.2, 0.25) is 0 Å². The molecule has 100 valence electrons. The highest BCUT2D eigenvalue weighted by Gasteiger charge is 2.04. The van der Waals surface area contributed by atoms with E-state index in [-0.39, 0.29) is 5.56 Å². The van der Waals surface area contributed by atoms with Gasteiger partial charge in [0.15, 0.2) is 0 Å². The van der Waals surface area contributed by atoms with Gasteiger partial charge >= 0.3 is 0 Å². The molecule has 1 aromatic heterocycles. The summed E-state index contributed by atoms with van der Waals surface area (Å²) in [5, 5.41) is 9.92. The van der Waals surface area contributed by atoms with E-state index in [9.17, 15) is 4.79 Å². The Hall–Kier alpha value is -1.94. The van der Waals surface area contributed by atoms with Crippen LogP contribution in [0.4, 0.5) is 0 Å². The molecular weight excluding hydrogens is 238 g/mol. The summed E-state index contributed by atoms with van der Waals surface area (Å²) in [6.07, 6.45) is 2.27. The molecule has 0 radical (unpaired) electrons. The number of nitrogens with zero attached hydrogens (tertiary/aromatic N) is 1. The molecule has 1 aromatic carbocycles. The maximum absolute atomic E-state index is 11.7. The molecule has 0 bridgehead atoms. The van der Waals surface area contributed by atoms with Crippen LogP contribution in [0.5, 0.6) is 0 Å². The number of unbranched alkanes of at least 4 members (excludes halogenated alkanes) is 1. The Morgan fingerprint density at radius 3 is 2.79 bits per heavy atom. The highest BCUT2D eigenvalue weighted by molar-refractivity contribution is 5.58. The minimum atomic E-state index is -0.122. The van der Waals surface area contributed by atoms with E-state index in [1.807, 2.05) is 36.4 Å². The van der Waals surface area contributed by atoms with Crippen molar-refractivity contribution in [3.63, 3.8) is 0 Å². The Kier molecular flexibility index (Phi) is 4.86. The van der Waals surface area contributed by atoms with Crippen LogP contribution in [-0.2, 0) is 6.54 Å². The van der Waals surface area contributed by atoms with Crippen LogP contribution in [-0.4, -0.2) is 16.7 Å². The lowest BCUT2D eigenvalue weighted by molar-refractivity contribution is 0.636. The fourth-order valence-corrected chi connectivity index (χ4v) is 1.86. The molecule has 0 fully saturated rings. The quantitative estimate of drug-likeness (QED) is 0.781. The predicted molar refractivity (Wildman–Crippen MR) is 76.9 cm³/mol. The Morgan fingerprint density at radius 2 is 2.05 bits per heavy atom. The van der Waals surface area contributed by atoms with Crippen LogP contribution >= 0.6 is 0 Å². The Bertz CT molecular complexity index is 563. The topological polar surface area (TPSA) is 57.8 Å². The molecule has 19 heavy (non-hydrogen) atoms. The van der Waals surface area contributed by atoms with E-state index in [0.717, 1.165) is 36.2 Å². The summed E-state index contributed by atoms with van der Waals surface area (Å²) in [5.74, 6) is 0. The monoisotopic (exact) mass is 257 g/mol. The van der Waals surface area contributed by atoms with Gasteiger partial charge in [-0.25, -0.2) is 5.10 Å². The number of nitrogens with one attached hydrogen (secondary N) is 2. The summed E-state index contributed by atoms with van der Waals surface area (Å²) in [5.41, 5.74) is 2.41. The predicted octanol–water partition coefficient (Wildman–Crippen LogP) is 2.33. The third kappa shape index (κ3) is 3.76. The van der Waals surface area contributed by atoms with E-state index in [4.69, 9.17) is 0 Å². The van der Waals surface area contributed by atoms with Crippen molar-refractivity contribution in [2.75, 3.05) is 6.54 Å². The second-order valence-electron chi connectivity index (χ2n) is 4.50. The molecule has 0 amide bonds. The first kappa shape index (κ1) is 13.5. The first-order chi connectivity index (χ1) is 9.31. The molecule has 4 nitrogen and oxygen atoms in total. The van der Waals surface area contributed by atoms with Crippen LogP contribution in [0, 0.1) is 0 Å². The summed E-state index contributed by atoms with van der Waals surface area (Å²) >= 11 is 0. The van der Waals surface area contributed by atoms with Gasteiger partial charge in [0.25, 0.3) is 5.56 Å². The molecule has 2 rings (SSSR count). The molecule has 0 unspecified atom stereocenters. The van der Waals surface area contributed by atoms with E-state index in [1.165, 1.54) is 0 Å². The fourth-order valence-electron chi connectivity index (χ4n) is 1.86. The van der Waals surface area contributed by atoms with Crippen LogP contribution in [0.2, 0.25) is 0 Å². The molecule has 1 heterocycles. The normalized spacial score (nSPS) is 10.6. The molecule has 4 heteroatoms. The zero-order valence-electron chi connectivity index (χ0n) is 11.1. The van der Waals surface area contributed by atoms with E-state index < -0.39 is 0 Å². The van der Waals surface area contributed by atoms with Gasteiger partial charge in [-0.15, -0.1) is 0 Å². The summed E-state index contributed by atoms with van der Waals surface area (Å²) in [7, 11) is 0. The van der Waals surface area contributed by atoms with E-state index >= 15 is 0 Å². The second kappa shape index (κ2) is 6.85. The molecule has 0 aliphatic rings. The standard InChI is InChI=1S/C15H19N3O/c1-2-3-9-16-11-13-10-14(17-18-15(13)19)12-7-5-4-6-8-12/h4-8,10,16H,2-3,9,11H2,1H3,(H,18,19). The van der Waals surface area contributed by atoms with Crippen LogP contribution in [0.15, 0.2) is 41.2 Å². The lowest BCUT2D eigenvalue weighted by atomic mass is 10.1. The van der Waals surface area contributed by atoms with Crippen molar-refractivity contribution in [3.8, 4) is 11.3 Å². The van der Waals surface area contributed by atoms with Crippen LogP contribution < -0.4 is 10.9 Å². The van der Waals surface area contributed by atoms with Crippen LogP contribution in [0.1, 0.15) is 25.3 Å². The van der Waals surface area contributed by atoms with Crippen molar-refractivity contribution in [3.05, 3.63) is 52.3 Å². The molecule has 0 saturated heterocycles. The largest absolute Gasteiger partial charge is 0.312 e. The second-order valence-corrected chi connectivity index (χ2v) is 4.50. The number of H-pyrrole nitrogens is 1. The van der Waals surface area contributed by atoms with Gasteiger partial charge in [0.1, 0.15) is 0 Å². The van der Waals surface area contributed by atoms with Crippen LogP contribution in [0.25, 0.3) is 11.3 Å². The minimum absolute atomic E-state index is 0.122. The molecule has 0 aliphatic carbocycles. The van der Waals surface area contributed by atoms with Gasteiger partial charge in [-0.3, -0.25) is 4.79 Å². The van der Waals surface area contributed by atoms with Gasteiger partial charge in [-0.1, -0.05) is 43.7 Å². The third-order valence-electron chi connectivity index (χ3n) is 2.97. The smallest absolute Gasteiger partial charge is 0.268 e. The van der Waals surface area contributed by atoms with Gasteiger partial charge in [-0.05, 0) is 19.0 Å². The highest BCUT2D eigenvalue weighted by Crippen LogP contribution is 2.14. The van der Waals surface area contributed by atoms with Crippen molar-refractivity contribution in [2.45, 2.75) is 26.3 Å². The van der Waals surface area contributed by atoms with E-state index in [1.54, 1.807) is 0 Å². The number of rotatable bonds is 6. The van der Waals surface area contributed by atoms with Crippen molar-refractivity contribution >= 4 is 0 Å². The first-order valence-electron chi connectivity index (χ1n) is 6.66. The lowest BCUT2D eigenvalue weighted by Gasteiger charge is -2.05. The van der Waals surface area contributed by atoms with E-state index in [2.05, 4.69) is 22.4 Å². The van der Waals surface area contributed by atoms with Crippen molar-refractivity contribution < 1.29 is 0 Å². The maximum atomic E-state index is 11.7. The zero-order valence-corrected chi connectivity index (χ0v) is 11.1. The molecule has 0 atom stereocenters. The average Bonchev–Trinajstić information content (AvgIpc) is 2.46. The number of aromatic nitrogens is 2. The zero-order chi connectivity index (χ0) is 13.5. The molecule has 0 aliphatic heterocycles. The maximum Gasteiger partial charge on any atom is 0.268 e. The van der Waals surface area contributed by atoms with Crippen LogP contribution in [0.3, 0.4) is 0 Å². The van der Waals surface area contributed by atoms with Gasteiger partial charge in [-0.2, -0.15) is 5.10 Å². The summed E-state index contributed by atoms with van der Waals surface area (Å²) < 4.78 is 0. The summed E-state index contributed by atoms with van der Waals surface area (Å²) in [6.45, 7) is 3.66. The van der Waals surface area contributed by atoms with Crippen molar-refractivity contribution in [1.29, 1.82) is 0 Å². The lowest BCUT2D eigenvalue weighted by Crippen LogP contribution is -2.22. The Balaban J connectivity index is 2.13. The summed E-state index contributed by atoms with van der Waals surface area (Å²) in [4.78, 5) is 11.7. The number of hydrogen-bond acceptors (Lipinski definition) is 3. The summed E-state index contributed by atoms with van der Waals surface area (Å²) in [6, 6.07) is 11.7. The van der Waals surface area contributed by atoms with Gasteiger partial charge in [0, 0.05) is 17.7 Å². The van der Waals surface area contributed by atoms with Gasteiger partial charge in [0.05, 0.1) is 5.69 Å². The number of benzene rings is 1. The molecular formula is C15H19N3O. The van der Waals surface area contributed by atoms with E-state index in [0.29, 0.717) is 6.54 Å². The third-order valence-corrected chi connectivity index (χ3v) is 2.97. The Morgan fingerprint density at radius 1 is 1.26 bits per heavy atom. The number of aromatic amines is 1. The fraction of sp³-hybridized carbons (Fsp3) is 0.333. The minimum Gasteiger partial charge on any atom is -0.312 e. The SMILES string of the molecule is CCCCNCc1cc(-c2ccccc2)n[nH]c1=O. The highest BCUT2D eigenvalue weighted by atomic mass is 16.1.